The van der Waals surface area contributed by atoms with Crippen molar-refractivity contribution in [1.29, 1.82) is 0 Å². The summed E-state index contributed by atoms with van der Waals surface area (Å²) in [5.41, 5.74) is 0. The van der Waals surface area contributed by atoms with Crippen LogP contribution in [0.25, 0.3) is 0 Å². The Morgan fingerprint density at radius 2 is 1.88 bits per heavy atom. The minimum absolute atomic E-state index is 0.00886. The van der Waals surface area contributed by atoms with Crippen LogP contribution in [0.4, 0.5) is 0 Å². The highest BCUT2D eigenvalue weighted by molar-refractivity contribution is 7.91. The van der Waals surface area contributed by atoms with Crippen LogP contribution < -0.4 is 0 Å². The van der Waals surface area contributed by atoms with E-state index in [-0.39, 0.29) is 29.4 Å². The van der Waals surface area contributed by atoms with Gasteiger partial charge in [-0.1, -0.05) is 25.7 Å². The molecule has 1 aliphatic carbocycles. The SMILES string of the molecule is CCN(C(=O)C(C)OC(=O)CCC1CCCC1)C1CCS(=O)(=O)C1. The van der Waals surface area contributed by atoms with Gasteiger partial charge in [0.25, 0.3) is 5.91 Å². The second kappa shape index (κ2) is 8.32. The maximum atomic E-state index is 12.5. The van der Waals surface area contributed by atoms with Gasteiger partial charge in [0.1, 0.15) is 0 Å². The maximum absolute atomic E-state index is 12.5. The zero-order valence-corrected chi connectivity index (χ0v) is 15.5. The standard InChI is InChI=1S/C17H29NO5S/c1-3-18(15-10-11-24(21,22)12-15)17(20)13(2)23-16(19)9-8-14-6-4-5-7-14/h13-15H,3-12H2,1-2H3. The quantitative estimate of drug-likeness (QED) is 0.649. The van der Waals surface area contributed by atoms with Crippen molar-refractivity contribution in [3.8, 4) is 0 Å². The summed E-state index contributed by atoms with van der Waals surface area (Å²) < 4.78 is 28.5. The Kier molecular flexibility index (Phi) is 6.66. The van der Waals surface area contributed by atoms with Gasteiger partial charge >= 0.3 is 5.97 Å². The van der Waals surface area contributed by atoms with Crippen molar-refractivity contribution < 1.29 is 22.7 Å². The molecule has 0 N–H and O–H groups in total. The Balaban J connectivity index is 1.81. The molecule has 0 spiro atoms. The summed E-state index contributed by atoms with van der Waals surface area (Å²) in [6.45, 7) is 3.81. The number of likely N-dealkylation sites (N-methyl/N-ethyl adjacent to an activating group) is 1. The van der Waals surface area contributed by atoms with Gasteiger partial charge in [0, 0.05) is 19.0 Å². The molecule has 0 aromatic heterocycles. The van der Waals surface area contributed by atoms with E-state index in [0.29, 0.717) is 25.3 Å². The first-order valence-electron chi connectivity index (χ1n) is 9.02. The number of hydrogen-bond donors (Lipinski definition) is 0. The third-order valence-electron chi connectivity index (χ3n) is 5.16. The Bertz CT molecular complexity index is 553. The van der Waals surface area contributed by atoms with E-state index in [1.54, 1.807) is 11.8 Å². The molecule has 24 heavy (non-hydrogen) atoms. The summed E-state index contributed by atoms with van der Waals surface area (Å²) in [6, 6.07) is -0.299. The van der Waals surface area contributed by atoms with Gasteiger partial charge in [-0.25, -0.2) is 8.42 Å². The molecule has 1 saturated heterocycles. The molecule has 0 bridgehead atoms. The Hall–Kier alpha value is -1.11. The number of nitrogens with zero attached hydrogens (tertiary/aromatic N) is 1. The Morgan fingerprint density at radius 3 is 2.42 bits per heavy atom. The molecular formula is C17H29NO5S. The first-order valence-corrected chi connectivity index (χ1v) is 10.8. The third kappa shape index (κ3) is 5.19. The van der Waals surface area contributed by atoms with Crippen molar-refractivity contribution in [2.75, 3.05) is 18.1 Å². The van der Waals surface area contributed by atoms with Crippen molar-refractivity contribution >= 4 is 21.7 Å². The molecule has 0 aromatic rings. The van der Waals surface area contributed by atoms with Gasteiger partial charge in [0.05, 0.1) is 11.5 Å². The minimum atomic E-state index is -3.05. The zero-order chi connectivity index (χ0) is 17.7. The molecule has 1 amide bonds. The Labute approximate surface area is 144 Å². The second-order valence-corrected chi connectivity index (χ2v) is 9.23. The zero-order valence-electron chi connectivity index (χ0n) is 14.7. The number of carbonyl (C=O) groups is 2. The highest BCUT2D eigenvalue weighted by Crippen LogP contribution is 2.28. The fourth-order valence-electron chi connectivity index (χ4n) is 3.78. The number of esters is 1. The van der Waals surface area contributed by atoms with E-state index >= 15 is 0 Å². The first-order chi connectivity index (χ1) is 11.3. The van der Waals surface area contributed by atoms with Crippen molar-refractivity contribution in [3.05, 3.63) is 0 Å². The molecule has 2 aliphatic rings. The lowest BCUT2D eigenvalue weighted by Gasteiger charge is -2.29. The fraction of sp³-hybridized carbons (Fsp3) is 0.882. The Morgan fingerprint density at radius 1 is 1.21 bits per heavy atom. The lowest BCUT2D eigenvalue weighted by molar-refractivity contribution is -0.160. The number of carbonyl (C=O) groups excluding carboxylic acids is 2. The number of sulfone groups is 1. The van der Waals surface area contributed by atoms with Crippen LogP contribution in [-0.4, -0.2) is 55.4 Å². The maximum Gasteiger partial charge on any atom is 0.306 e. The smallest absolute Gasteiger partial charge is 0.306 e. The van der Waals surface area contributed by atoms with E-state index in [4.69, 9.17) is 4.74 Å². The van der Waals surface area contributed by atoms with Crippen molar-refractivity contribution in [2.45, 2.75) is 70.9 Å². The predicted octanol–water partition coefficient (Wildman–Crippen LogP) is 1.92. The largest absolute Gasteiger partial charge is 0.453 e. The van der Waals surface area contributed by atoms with Gasteiger partial charge < -0.3 is 9.64 Å². The summed E-state index contributed by atoms with van der Waals surface area (Å²) in [7, 11) is -3.05. The molecule has 0 radical (unpaired) electrons. The van der Waals surface area contributed by atoms with E-state index in [9.17, 15) is 18.0 Å². The summed E-state index contributed by atoms with van der Waals surface area (Å²) in [5.74, 6) is 0.109. The molecule has 2 atom stereocenters. The minimum Gasteiger partial charge on any atom is -0.453 e. The highest BCUT2D eigenvalue weighted by atomic mass is 32.2. The van der Waals surface area contributed by atoms with Crippen LogP contribution in [0.1, 0.15) is 58.8 Å². The normalized spacial score (nSPS) is 24.7. The fourth-order valence-corrected chi connectivity index (χ4v) is 5.51. The van der Waals surface area contributed by atoms with Crippen molar-refractivity contribution in [2.24, 2.45) is 5.92 Å². The van der Waals surface area contributed by atoms with Crippen molar-refractivity contribution in [1.82, 2.24) is 4.90 Å². The highest BCUT2D eigenvalue weighted by Gasteiger charge is 2.36. The molecule has 138 valence electrons. The van der Waals surface area contributed by atoms with E-state index in [2.05, 4.69) is 0 Å². The molecule has 6 nitrogen and oxygen atoms in total. The number of hydrogen-bond acceptors (Lipinski definition) is 5. The topological polar surface area (TPSA) is 80.8 Å². The molecule has 2 rings (SSSR count). The van der Waals surface area contributed by atoms with Gasteiger partial charge in [-0.3, -0.25) is 9.59 Å². The average Bonchev–Trinajstić information content (AvgIpc) is 3.15. The molecular weight excluding hydrogens is 330 g/mol. The van der Waals surface area contributed by atoms with Crippen LogP contribution in [-0.2, 0) is 24.2 Å². The molecule has 2 unspecified atom stereocenters. The first kappa shape index (κ1) is 19.2. The third-order valence-corrected chi connectivity index (χ3v) is 6.91. The monoisotopic (exact) mass is 359 g/mol. The summed E-state index contributed by atoms with van der Waals surface area (Å²) in [5, 5.41) is 0. The van der Waals surface area contributed by atoms with E-state index in [1.807, 2.05) is 6.92 Å². The van der Waals surface area contributed by atoms with Gasteiger partial charge in [0.2, 0.25) is 0 Å². The van der Waals surface area contributed by atoms with Crippen LogP contribution in [0.2, 0.25) is 0 Å². The lowest BCUT2D eigenvalue weighted by atomic mass is 10.0. The molecule has 1 heterocycles. The predicted molar refractivity (Wildman–Crippen MR) is 91.2 cm³/mol. The lowest BCUT2D eigenvalue weighted by Crippen LogP contribution is -2.46. The van der Waals surface area contributed by atoms with Crippen LogP contribution in [0.15, 0.2) is 0 Å². The molecule has 7 heteroatoms. The molecule has 0 aromatic carbocycles. The number of ether oxygens (including phenoxy) is 1. The van der Waals surface area contributed by atoms with E-state index < -0.39 is 15.9 Å². The summed E-state index contributed by atoms with van der Waals surface area (Å²) in [6.07, 6.45) is 5.64. The molecule has 1 aliphatic heterocycles. The van der Waals surface area contributed by atoms with Gasteiger partial charge in [-0.05, 0) is 32.6 Å². The second-order valence-electron chi connectivity index (χ2n) is 7.00. The summed E-state index contributed by atoms with van der Waals surface area (Å²) in [4.78, 5) is 26.0. The number of amides is 1. The van der Waals surface area contributed by atoms with Gasteiger partial charge in [-0.15, -0.1) is 0 Å². The van der Waals surface area contributed by atoms with Gasteiger partial charge in [0.15, 0.2) is 15.9 Å². The van der Waals surface area contributed by atoms with Crippen molar-refractivity contribution in [3.63, 3.8) is 0 Å². The summed E-state index contributed by atoms with van der Waals surface area (Å²) >= 11 is 0. The van der Waals surface area contributed by atoms with Crippen LogP contribution in [0, 0.1) is 5.92 Å². The molecule has 2 fully saturated rings. The van der Waals surface area contributed by atoms with Gasteiger partial charge in [-0.2, -0.15) is 0 Å². The van der Waals surface area contributed by atoms with E-state index in [0.717, 1.165) is 6.42 Å². The van der Waals surface area contributed by atoms with Crippen LogP contribution in [0.5, 0.6) is 0 Å². The average molecular weight is 359 g/mol. The van der Waals surface area contributed by atoms with Crippen LogP contribution >= 0.6 is 0 Å². The molecule has 1 saturated carbocycles. The van der Waals surface area contributed by atoms with Crippen LogP contribution in [0.3, 0.4) is 0 Å². The number of rotatable bonds is 7. The van der Waals surface area contributed by atoms with E-state index in [1.165, 1.54) is 25.7 Å².